The summed E-state index contributed by atoms with van der Waals surface area (Å²) in [7, 11) is 5.20. The third-order valence-electron chi connectivity index (χ3n) is 5.89. The lowest BCUT2D eigenvalue weighted by molar-refractivity contribution is -0.384. The number of nitrogens with zero attached hydrogens (tertiary/aromatic N) is 2. The molecule has 2 aromatic rings. The Labute approximate surface area is 163 Å². The van der Waals surface area contributed by atoms with E-state index in [1.165, 1.54) is 12.1 Å². The van der Waals surface area contributed by atoms with Gasteiger partial charge >= 0.3 is 0 Å². The van der Waals surface area contributed by atoms with Crippen LogP contribution in [0, 0.1) is 10.1 Å². The molecule has 146 valence electrons. The van der Waals surface area contributed by atoms with Crippen molar-refractivity contribution in [3.63, 3.8) is 0 Å². The summed E-state index contributed by atoms with van der Waals surface area (Å²) in [4.78, 5) is 12.7. The van der Waals surface area contributed by atoms with Crippen LogP contribution in [0.1, 0.15) is 25.0 Å². The molecule has 2 aromatic carbocycles. The van der Waals surface area contributed by atoms with Crippen molar-refractivity contribution in [1.29, 1.82) is 0 Å². The van der Waals surface area contributed by atoms with Gasteiger partial charge in [-0.3, -0.25) is 10.1 Å². The third kappa shape index (κ3) is 2.22. The Kier molecular flexibility index (Phi) is 3.82. The number of fused-ring (bicyclic) bond motifs is 2. The molecule has 0 amide bonds. The molecule has 0 bridgehead atoms. The molecule has 0 saturated carbocycles. The third-order valence-corrected chi connectivity index (χ3v) is 5.89. The van der Waals surface area contributed by atoms with Gasteiger partial charge in [0.2, 0.25) is 5.72 Å². The number of ether oxygens (including phenoxy) is 3. The summed E-state index contributed by atoms with van der Waals surface area (Å²) < 4.78 is 17.5. The molecule has 0 aliphatic carbocycles. The molecule has 2 heterocycles. The van der Waals surface area contributed by atoms with Gasteiger partial charge < -0.3 is 19.1 Å². The van der Waals surface area contributed by atoms with Crippen molar-refractivity contribution in [2.45, 2.75) is 25.0 Å². The van der Waals surface area contributed by atoms with Gasteiger partial charge in [0.1, 0.15) is 5.75 Å². The lowest BCUT2D eigenvalue weighted by Gasteiger charge is -2.45. The average molecular weight is 382 g/mol. The maximum Gasteiger partial charge on any atom is 0.270 e. The van der Waals surface area contributed by atoms with Crippen LogP contribution in [0.4, 0.5) is 11.4 Å². The number of benzene rings is 2. The van der Waals surface area contributed by atoms with Crippen molar-refractivity contribution >= 4 is 17.5 Å². The Morgan fingerprint density at radius 2 is 1.79 bits per heavy atom. The fraction of sp³-hybridized carbons (Fsp3) is 0.333. The van der Waals surface area contributed by atoms with Crippen molar-refractivity contribution in [3.8, 4) is 17.2 Å². The van der Waals surface area contributed by atoms with E-state index in [2.05, 4.69) is 18.7 Å². The van der Waals surface area contributed by atoms with Crippen LogP contribution in [0.2, 0.25) is 0 Å². The smallest absolute Gasteiger partial charge is 0.270 e. The van der Waals surface area contributed by atoms with Gasteiger partial charge in [-0.25, -0.2) is 0 Å². The van der Waals surface area contributed by atoms with Crippen LogP contribution in [0.5, 0.6) is 17.2 Å². The number of rotatable bonds is 3. The van der Waals surface area contributed by atoms with Crippen molar-refractivity contribution in [2.24, 2.45) is 0 Å². The SMILES string of the molecule is COc1cc2c(cc1OC)C(C)(C)C1(C=Cc3cc([N+](=O)[O-])ccc3O1)N2C. The Balaban J connectivity index is 1.85. The minimum atomic E-state index is -0.782. The molecular weight excluding hydrogens is 360 g/mol. The second-order valence-corrected chi connectivity index (χ2v) is 7.52. The highest BCUT2D eigenvalue weighted by Gasteiger charge is 2.58. The quantitative estimate of drug-likeness (QED) is 0.587. The molecule has 7 heteroatoms. The topological polar surface area (TPSA) is 74.1 Å². The van der Waals surface area contributed by atoms with Gasteiger partial charge in [-0.1, -0.05) is 0 Å². The van der Waals surface area contributed by atoms with E-state index in [4.69, 9.17) is 14.2 Å². The molecule has 2 aliphatic rings. The minimum absolute atomic E-state index is 0.0414. The number of nitro groups is 1. The van der Waals surface area contributed by atoms with Crippen molar-refractivity contribution < 1.29 is 19.1 Å². The number of methoxy groups -OCH3 is 2. The predicted octanol–water partition coefficient (Wildman–Crippen LogP) is 4.14. The van der Waals surface area contributed by atoms with E-state index in [0.717, 1.165) is 11.3 Å². The minimum Gasteiger partial charge on any atom is -0.493 e. The number of nitro benzene ring substituents is 1. The first-order chi connectivity index (χ1) is 13.2. The Morgan fingerprint density at radius 3 is 2.43 bits per heavy atom. The van der Waals surface area contributed by atoms with E-state index in [9.17, 15) is 10.1 Å². The number of likely N-dealkylation sites (N-methyl/N-ethyl adjacent to an activating group) is 1. The predicted molar refractivity (Wildman–Crippen MR) is 106 cm³/mol. The van der Waals surface area contributed by atoms with Gasteiger partial charge in [0.05, 0.1) is 24.6 Å². The summed E-state index contributed by atoms with van der Waals surface area (Å²) >= 11 is 0. The van der Waals surface area contributed by atoms with E-state index in [-0.39, 0.29) is 5.69 Å². The van der Waals surface area contributed by atoms with Crippen molar-refractivity contribution in [3.05, 3.63) is 57.6 Å². The van der Waals surface area contributed by atoms with Gasteiger partial charge in [0.25, 0.3) is 5.69 Å². The molecule has 0 fully saturated rings. The number of hydrogen-bond acceptors (Lipinski definition) is 6. The Hall–Kier alpha value is -3.22. The molecule has 4 rings (SSSR count). The van der Waals surface area contributed by atoms with E-state index in [1.807, 2.05) is 31.3 Å². The van der Waals surface area contributed by atoms with Gasteiger partial charge in [-0.05, 0) is 43.7 Å². The highest BCUT2D eigenvalue weighted by Crippen LogP contribution is 2.56. The normalized spacial score (nSPS) is 21.1. The molecule has 2 aliphatic heterocycles. The fourth-order valence-electron chi connectivity index (χ4n) is 4.23. The monoisotopic (exact) mass is 382 g/mol. The van der Waals surface area contributed by atoms with Gasteiger partial charge in [-0.2, -0.15) is 0 Å². The fourth-order valence-corrected chi connectivity index (χ4v) is 4.23. The number of hydrogen-bond donors (Lipinski definition) is 0. The summed E-state index contributed by atoms with van der Waals surface area (Å²) in [5.74, 6) is 1.92. The zero-order valence-corrected chi connectivity index (χ0v) is 16.5. The summed E-state index contributed by atoms with van der Waals surface area (Å²) in [5, 5.41) is 11.1. The zero-order valence-electron chi connectivity index (χ0n) is 16.5. The Bertz CT molecular complexity index is 1010. The van der Waals surface area contributed by atoms with Crippen LogP contribution in [0.3, 0.4) is 0 Å². The summed E-state index contributed by atoms with van der Waals surface area (Å²) in [5.41, 5.74) is 1.58. The standard InChI is InChI=1S/C21H22N2O5/c1-20(2)15-11-18(26-4)19(27-5)12-16(15)22(3)21(20)9-8-13-10-14(23(24)25)6-7-17(13)28-21/h6-12H,1-5H3. The van der Waals surface area contributed by atoms with Crippen LogP contribution in [0.25, 0.3) is 6.08 Å². The highest BCUT2D eigenvalue weighted by atomic mass is 16.6. The molecule has 0 radical (unpaired) electrons. The summed E-state index contributed by atoms with van der Waals surface area (Å²) in [6.45, 7) is 4.23. The van der Waals surface area contributed by atoms with Crippen LogP contribution in [-0.4, -0.2) is 31.9 Å². The first-order valence-corrected chi connectivity index (χ1v) is 8.92. The van der Waals surface area contributed by atoms with E-state index in [0.29, 0.717) is 22.8 Å². The summed E-state index contributed by atoms with van der Waals surface area (Å²) in [6.07, 6.45) is 3.86. The van der Waals surface area contributed by atoms with Gasteiger partial charge in [-0.15, -0.1) is 0 Å². The first kappa shape index (κ1) is 18.2. The van der Waals surface area contributed by atoms with E-state index < -0.39 is 16.1 Å². The molecule has 0 N–H and O–H groups in total. The molecule has 7 nitrogen and oxygen atoms in total. The molecule has 1 spiro atoms. The van der Waals surface area contributed by atoms with E-state index in [1.54, 1.807) is 20.3 Å². The van der Waals surface area contributed by atoms with Gasteiger partial charge in [0, 0.05) is 36.5 Å². The van der Waals surface area contributed by atoms with Crippen LogP contribution in [-0.2, 0) is 5.41 Å². The molecular formula is C21H22N2O5. The highest BCUT2D eigenvalue weighted by molar-refractivity contribution is 5.75. The molecule has 1 unspecified atom stereocenters. The maximum absolute atomic E-state index is 11.1. The first-order valence-electron chi connectivity index (χ1n) is 8.92. The number of non-ortho nitro benzene ring substituents is 1. The lowest BCUT2D eigenvalue weighted by atomic mass is 9.76. The largest absolute Gasteiger partial charge is 0.493 e. The van der Waals surface area contributed by atoms with Crippen molar-refractivity contribution in [2.75, 3.05) is 26.2 Å². The van der Waals surface area contributed by atoms with Crippen LogP contribution < -0.4 is 19.1 Å². The maximum atomic E-state index is 11.1. The van der Waals surface area contributed by atoms with Crippen LogP contribution >= 0.6 is 0 Å². The molecule has 28 heavy (non-hydrogen) atoms. The molecule has 0 saturated heterocycles. The van der Waals surface area contributed by atoms with Gasteiger partial charge in [0.15, 0.2) is 11.5 Å². The van der Waals surface area contributed by atoms with Crippen LogP contribution in [0.15, 0.2) is 36.4 Å². The Morgan fingerprint density at radius 1 is 1.11 bits per heavy atom. The lowest BCUT2D eigenvalue weighted by Crippen LogP contribution is -2.58. The zero-order chi connectivity index (χ0) is 20.3. The second-order valence-electron chi connectivity index (χ2n) is 7.52. The van der Waals surface area contributed by atoms with Crippen molar-refractivity contribution in [1.82, 2.24) is 0 Å². The van der Waals surface area contributed by atoms with E-state index >= 15 is 0 Å². The molecule has 1 atom stereocenters. The second kappa shape index (κ2) is 5.89. The number of anilines is 1. The average Bonchev–Trinajstić information content (AvgIpc) is 2.84. The molecule has 0 aromatic heterocycles. The summed E-state index contributed by atoms with van der Waals surface area (Å²) in [6, 6.07) is 8.59.